The molecule has 104 valence electrons. The van der Waals surface area contributed by atoms with Crippen LogP contribution in [0.1, 0.15) is 26.2 Å². The van der Waals surface area contributed by atoms with Crippen molar-refractivity contribution in [1.82, 2.24) is 10.2 Å². The average molecular weight is 258 g/mol. The molecule has 18 heavy (non-hydrogen) atoms. The number of aliphatic carboxylic acids is 1. The first kappa shape index (κ1) is 14.8. The minimum atomic E-state index is -1.07. The van der Waals surface area contributed by atoms with Gasteiger partial charge in [0.05, 0.1) is 6.54 Å². The largest absolute Gasteiger partial charge is 0.479 e. The fourth-order valence-electron chi connectivity index (χ4n) is 2.03. The average Bonchev–Trinajstić information content (AvgIpc) is 2.54. The third kappa shape index (κ3) is 4.52. The summed E-state index contributed by atoms with van der Waals surface area (Å²) in [6.45, 7) is 3.65. The fraction of sp³-hybridized carbons (Fsp3) is 0.833. The van der Waals surface area contributed by atoms with Gasteiger partial charge in [-0.25, -0.2) is 9.59 Å². The number of hydrogen-bond acceptors (Lipinski definition) is 3. The second kappa shape index (κ2) is 7.20. The highest BCUT2D eigenvalue weighted by Gasteiger charge is 2.21. The van der Waals surface area contributed by atoms with Gasteiger partial charge in [-0.1, -0.05) is 6.92 Å². The number of carbonyl (C=O) groups is 2. The van der Waals surface area contributed by atoms with Gasteiger partial charge in [0.2, 0.25) is 0 Å². The Morgan fingerprint density at radius 3 is 2.78 bits per heavy atom. The SMILES string of the molecule is COC(CNC(=O)N1CCCC(C)CC1)C(=O)O. The molecule has 0 bridgehead atoms. The Kier molecular flexibility index (Phi) is 5.91. The number of urea groups is 1. The molecule has 0 aromatic rings. The van der Waals surface area contributed by atoms with Crippen LogP contribution in [0.25, 0.3) is 0 Å². The number of nitrogens with one attached hydrogen (secondary N) is 1. The maximum atomic E-state index is 11.9. The van der Waals surface area contributed by atoms with Crippen molar-refractivity contribution in [3.63, 3.8) is 0 Å². The number of ether oxygens (including phenoxy) is 1. The number of carbonyl (C=O) groups excluding carboxylic acids is 1. The Labute approximate surface area is 107 Å². The lowest BCUT2D eigenvalue weighted by atomic mass is 10.0. The van der Waals surface area contributed by atoms with Gasteiger partial charge in [0.1, 0.15) is 0 Å². The molecule has 0 aliphatic carbocycles. The number of nitrogens with zero attached hydrogens (tertiary/aromatic N) is 1. The highest BCUT2D eigenvalue weighted by atomic mass is 16.5. The van der Waals surface area contributed by atoms with E-state index in [9.17, 15) is 9.59 Å². The standard InChI is InChI=1S/C12H22N2O4/c1-9-4-3-6-14(7-5-9)12(17)13-8-10(18-2)11(15)16/h9-10H,3-8H2,1-2H3,(H,13,17)(H,15,16). The summed E-state index contributed by atoms with van der Waals surface area (Å²) in [6.07, 6.45) is 2.15. The van der Waals surface area contributed by atoms with Gasteiger partial charge >= 0.3 is 12.0 Å². The monoisotopic (exact) mass is 258 g/mol. The number of carboxylic acid groups (broad SMARTS) is 1. The lowest BCUT2D eigenvalue weighted by Crippen LogP contribution is -2.45. The van der Waals surface area contributed by atoms with Crippen LogP contribution in [0.15, 0.2) is 0 Å². The summed E-state index contributed by atoms with van der Waals surface area (Å²) in [5, 5.41) is 11.4. The van der Waals surface area contributed by atoms with E-state index in [4.69, 9.17) is 9.84 Å². The van der Waals surface area contributed by atoms with Gasteiger partial charge < -0.3 is 20.1 Å². The zero-order valence-electron chi connectivity index (χ0n) is 11.0. The van der Waals surface area contributed by atoms with Gasteiger partial charge in [0.25, 0.3) is 0 Å². The summed E-state index contributed by atoms with van der Waals surface area (Å²) < 4.78 is 4.76. The zero-order chi connectivity index (χ0) is 13.5. The second-order valence-corrected chi connectivity index (χ2v) is 4.77. The minimum Gasteiger partial charge on any atom is -0.479 e. The highest BCUT2D eigenvalue weighted by molar-refractivity contribution is 5.77. The number of likely N-dealkylation sites (tertiary alicyclic amines) is 1. The molecule has 2 unspecified atom stereocenters. The Morgan fingerprint density at radius 2 is 2.17 bits per heavy atom. The number of methoxy groups -OCH3 is 1. The molecule has 1 saturated heterocycles. The van der Waals surface area contributed by atoms with Gasteiger partial charge in [-0.05, 0) is 25.2 Å². The number of amides is 2. The van der Waals surface area contributed by atoms with Gasteiger partial charge in [0, 0.05) is 20.2 Å². The third-order valence-electron chi connectivity index (χ3n) is 3.30. The number of rotatable bonds is 4. The number of carboxylic acids is 1. The lowest BCUT2D eigenvalue weighted by Gasteiger charge is -2.22. The molecule has 2 amide bonds. The molecular weight excluding hydrogens is 236 g/mol. The van der Waals surface area contributed by atoms with Gasteiger partial charge in [-0.15, -0.1) is 0 Å². The van der Waals surface area contributed by atoms with Crippen molar-refractivity contribution in [2.45, 2.75) is 32.3 Å². The predicted molar refractivity (Wildman–Crippen MR) is 66.4 cm³/mol. The molecule has 0 saturated carbocycles. The van der Waals surface area contributed by atoms with E-state index in [1.807, 2.05) is 0 Å². The maximum absolute atomic E-state index is 11.9. The molecule has 6 nitrogen and oxygen atoms in total. The van der Waals surface area contributed by atoms with Crippen LogP contribution in [-0.2, 0) is 9.53 Å². The molecule has 1 aliphatic rings. The van der Waals surface area contributed by atoms with E-state index in [0.29, 0.717) is 5.92 Å². The van der Waals surface area contributed by atoms with Gasteiger partial charge in [-0.3, -0.25) is 0 Å². The molecule has 0 radical (unpaired) electrons. The Bertz CT molecular complexity index is 296. The van der Waals surface area contributed by atoms with Crippen LogP contribution < -0.4 is 5.32 Å². The van der Waals surface area contributed by atoms with Crippen molar-refractivity contribution in [2.24, 2.45) is 5.92 Å². The van der Waals surface area contributed by atoms with Crippen LogP contribution in [0.5, 0.6) is 0 Å². The summed E-state index contributed by atoms with van der Waals surface area (Å²) >= 11 is 0. The van der Waals surface area contributed by atoms with E-state index in [0.717, 1.165) is 32.4 Å². The topological polar surface area (TPSA) is 78.9 Å². The van der Waals surface area contributed by atoms with Crippen molar-refractivity contribution in [1.29, 1.82) is 0 Å². The number of hydrogen-bond donors (Lipinski definition) is 2. The van der Waals surface area contributed by atoms with E-state index < -0.39 is 12.1 Å². The summed E-state index contributed by atoms with van der Waals surface area (Å²) in [4.78, 5) is 24.3. The summed E-state index contributed by atoms with van der Waals surface area (Å²) in [5.41, 5.74) is 0. The van der Waals surface area contributed by atoms with E-state index in [1.54, 1.807) is 4.90 Å². The summed E-state index contributed by atoms with van der Waals surface area (Å²) in [6, 6.07) is -0.201. The molecule has 0 spiro atoms. The van der Waals surface area contributed by atoms with Crippen LogP contribution in [0.2, 0.25) is 0 Å². The van der Waals surface area contributed by atoms with Gasteiger partial charge in [-0.2, -0.15) is 0 Å². The van der Waals surface area contributed by atoms with Crippen LogP contribution >= 0.6 is 0 Å². The van der Waals surface area contributed by atoms with E-state index in [2.05, 4.69) is 12.2 Å². The first-order chi connectivity index (χ1) is 8.54. The van der Waals surface area contributed by atoms with Crippen LogP contribution in [0.4, 0.5) is 4.79 Å². The van der Waals surface area contributed by atoms with Crippen molar-refractivity contribution in [3.05, 3.63) is 0 Å². The Balaban J connectivity index is 2.37. The molecule has 2 N–H and O–H groups in total. The molecule has 0 aromatic carbocycles. The fourth-order valence-corrected chi connectivity index (χ4v) is 2.03. The Hall–Kier alpha value is -1.30. The molecule has 0 aromatic heterocycles. The van der Waals surface area contributed by atoms with E-state index in [1.165, 1.54) is 7.11 Å². The molecular formula is C12H22N2O4. The van der Waals surface area contributed by atoms with E-state index in [-0.39, 0.29) is 12.6 Å². The van der Waals surface area contributed by atoms with E-state index >= 15 is 0 Å². The van der Waals surface area contributed by atoms with Crippen LogP contribution in [0.3, 0.4) is 0 Å². The molecule has 6 heteroatoms. The van der Waals surface area contributed by atoms with Crippen molar-refractivity contribution in [3.8, 4) is 0 Å². The Morgan fingerprint density at radius 1 is 1.44 bits per heavy atom. The van der Waals surface area contributed by atoms with Crippen LogP contribution in [0, 0.1) is 5.92 Å². The van der Waals surface area contributed by atoms with Crippen LogP contribution in [-0.4, -0.2) is 54.9 Å². The summed E-state index contributed by atoms with van der Waals surface area (Å²) in [7, 11) is 1.32. The predicted octanol–water partition coefficient (Wildman–Crippen LogP) is 0.918. The lowest BCUT2D eigenvalue weighted by molar-refractivity contribution is -0.148. The first-order valence-electron chi connectivity index (χ1n) is 6.33. The van der Waals surface area contributed by atoms with Crippen molar-refractivity contribution < 1.29 is 19.4 Å². The second-order valence-electron chi connectivity index (χ2n) is 4.77. The molecule has 2 atom stereocenters. The van der Waals surface area contributed by atoms with Crippen molar-refractivity contribution in [2.75, 3.05) is 26.7 Å². The van der Waals surface area contributed by atoms with Crippen molar-refractivity contribution >= 4 is 12.0 Å². The molecule has 1 fully saturated rings. The highest BCUT2D eigenvalue weighted by Crippen LogP contribution is 2.16. The minimum absolute atomic E-state index is 0.00325. The van der Waals surface area contributed by atoms with Gasteiger partial charge in [0.15, 0.2) is 6.10 Å². The normalized spacial score (nSPS) is 22.1. The molecule has 1 heterocycles. The zero-order valence-corrected chi connectivity index (χ0v) is 11.0. The maximum Gasteiger partial charge on any atom is 0.334 e. The summed E-state index contributed by atoms with van der Waals surface area (Å²) in [5.74, 6) is -0.421. The first-order valence-corrected chi connectivity index (χ1v) is 6.33. The quantitative estimate of drug-likeness (QED) is 0.786. The molecule has 1 rings (SSSR count). The smallest absolute Gasteiger partial charge is 0.334 e. The third-order valence-corrected chi connectivity index (χ3v) is 3.30. The molecule has 1 aliphatic heterocycles.